The third kappa shape index (κ3) is 1.98. The van der Waals surface area contributed by atoms with E-state index < -0.39 is 0 Å². The highest BCUT2D eigenvalue weighted by molar-refractivity contribution is 7.12. The van der Waals surface area contributed by atoms with Crippen molar-refractivity contribution < 1.29 is 4.39 Å². The van der Waals surface area contributed by atoms with Crippen LogP contribution in [0.4, 0.5) is 10.3 Å². The molecule has 0 fully saturated rings. The van der Waals surface area contributed by atoms with E-state index in [0.29, 0.717) is 11.5 Å². The number of hydrogen-bond donors (Lipinski definition) is 1. The van der Waals surface area contributed by atoms with E-state index in [2.05, 4.69) is 31.8 Å². The summed E-state index contributed by atoms with van der Waals surface area (Å²) in [6.07, 6.45) is 0. The zero-order chi connectivity index (χ0) is 14.4. The number of benzene rings is 1. The van der Waals surface area contributed by atoms with Crippen LogP contribution in [0.1, 0.15) is 28.3 Å². The van der Waals surface area contributed by atoms with E-state index in [1.165, 1.54) is 27.5 Å². The first kappa shape index (κ1) is 13.1. The summed E-state index contributed by atoms with van der Waals surface area (Å²) in [6.45, 7) is 6.30. The van der Waals surface area contributed by atoms with Crippen molar-refractivity contribution in [2.45, 2.75) is 26.8 Å². The van der Waals surface area contributed by atoms with Crippen molar-refractivity contribution in [2.24, 2.45) is 0 Å². The van der Waals surface area contributed by atoms with Crippen molar-refractivity contribution in [1.82, 2.24) is 9.55 Å². The first-order valence-electron chi connectivity index (χ1n) is 6.47. The molecule has 0 aliphatic heterocycles. The van der Waals surface area contributed by atoms with E-state index in [1.807, 2.05) is 4.57 Å². The smallest absolute Gasteiger partial charge is 0.201 e. The molecule has 1 unspecified atom stereocenters. The van der Waals surface area contributed by atoms with Gasteiger partial charge in [0.25, 0.3) is 0 Å². The lowest BCUT2D eigenvalue weighted by Crippen LogP contribution is -2.10. The quantitative estimate of drug-likeness (QED) is 0.773. The number of fused-ring (bicyclic) bond motifs is 1. The van der Waals surface area contributed by atoms with Gasteiger partial charge in [-0.2, -0.15) is 0 Å². The monoisotopic (exact) mass is 289 g/mol. The zero-order valence-electron chi connectivity index (χ0n) is 11.6. The molecule has 0 amide bonds. The fourth-order valence-corrected chi connectivity index (χ4v) is 3.72. The molecule has 20 heavy (non-hydrogen) atoms. The van der Waals surface area contributed by atoms with Crippen LogP contribution in [-0.2, 0) is 0 Å². The molecule has 5 heteroatoms. The third-order valence-electron chi connectivity index (χ3n) is 3.60. The lowest BCUT2D eigenvalue weighted by molar-refractivity contribution is 0.628. The largest absolute Gasteiger partial charge is 0.369 e. The van der Waals surface area contributed by atoms with Gasteiger partial charge in [-0.15, -0.1) is 11.3 Å². The SMILES string of the molecule is Cc1cc(C(C)n2c(N)nc3cc(F)ccc32)c(C)s1. The van der Waals surface area contributed by atoms with E-state index in [-0.39, 0.29) is 11.9 Å². The van der Waals surface area contributed by atoms with Crippen molar-refractivity contribution in [1.29, 1.82) is 0 Å². The van der Waals surface area contributed by atoms with Gasteiger partial charge in [-0.3, -0.25) is 0 Å². The van der Waals surface area contributed by atoms with Crippen molar-refractivity contribution in [2.75, 3.05) is 5.73 Å². The van der Waals surface area contributed by atoms with Crippen molar-refractivity contribution in [3.05, 3.63) is 45.4 Å². The molecule has 104 valence electrons. The van der Waals surface area contributed by atoms with E-state index in [0.717, 1.165) is 5.52 Å². The fourth-order valence-electron chi connectivity index (χ4n) is 2.70. The van der Waals surface area contributed by atoms with Gasteiger partial charge in [0, 0.05) is 15.8 Å². The van der Waals surface area contributed by atoms with Crippen LogP contribution in [0.2, 0.25) is 0 Å². The molecule has 3 rings (SSSR count). The normalized spacial score (nSPS) is 13.0. The molecular weight excluding hydrogens is 273 g/mol. The number of nitrogen functional groups attached to an aromatic ring is 1. The van der Waals surface area contributed by atoms with Crippen LogP contribution >= 0.6 is 11.3 Å². The molecule has 1 atom stereocenters. The zero-order valence-corrected chi connectivity index (χ0v) is 12.5. The van der Waals surface area contributed by atoms with Crippen LogP contribution in [0.15, 0.2) is 24.3 Å². The van der Waals surface area contributed by atoms with Gasteiger partial charge in [0.1, 0.15) is 5.82 Å². The average Bonchev–Trinajstić information content (AvgIpc) is 2.87. The highest BCUT2D eigenvalue weighted by Crippen LogP contribution is 2.32. The van der Waals surface area contributed by atoms with Crippen molar-refractivity contribution in [3.63, 3.8) is 0 Å². The number of nitrogens with zero attached hydrogens (tertiary/aromatic N) is 2. The minimum absolute atomic E-state index is 0.0791. The molecule has 0 aliphatic rings. The maximum absolute atomic E-state index is 13.3. The summed E-state index contributed by atoms with van der Waals surface area (Å²) < 4.78 is 15.2. The molecule has 0 radical (unpaired) electrons. The molecule has 0 saturated carbocycles. The van der Waals surface area contributed by atoms with Gasteiger partial charge in [-0.25, -0.2) is 9.37 Å². The Bertz CT molecular complexity index is 788. The molecule has 0 spiro atoms. The Labute approximate surface area is 120 Å². The van der Waals surface area contributed by atoms with Gasteiger partial charge >= 0.3 is 0 Å². The highest BCUT2D eigenvalue weighted by atomic mass is 32.1. The molecule has 3 aromatic rings. The summed E-state index contributed by atoms with van der Waals surface area (Å²) in [4.78, 5) is 6.81. The van der Waals surface area contributed by atoms with Crippen LogP contribution in [-0.4, -0.2) is 9.55 Å². The third-order valence-corrected chi connectivity index (χ3v) is 4.58. The minimum Gasteiger partial charge on any atom is -0.369 e. The molecular formula is C15H16FN3S. The number of halogens is 1. The summed E-state index contributed by atoms with van der Waals surface area (Å²) in [6, 6.07) is 6.85. The summed E-state index contributed by atoms with van der Waals surface area (Å²) in [5.74, 6) is 0.124. The van der Waals surface area contributed by atoms with E-state index in [1.54, 1.807) is 17.4 Å². The summed E-state index contributed by atoms with van der Waals surface area (Å²) in [5.41, 5.74) is 8.73. The second kappa shape index (κ2) is 4.59. The molecule has 2 aromatic heterocycles. The number of thiophene rings is 1. The Kier molecular flexibility index (Phi) is 3.01. The number of hydrogen-bond acceptors (Lipinski definition) is 3. The van der Waals surface area contributed by atoms with Crippen molar-refractivity contribution in [3.8, 4) is 0 Å². The summed E-state index contributed by atoms with van der Waals surface area (Å²) >= 11 is 1.77. The minimum atomic E-state index is -0.294. The molecule has 2 N–H and O–H groups in total. The van der Waals surface area contributed by atoms with E-state index >= 15 is 0 Å². The Morgan fingerprint density at radius 2 is 2.05 bits per heavy atom. The molecule has 0 bridgehead atoms. The van der Waals surface area contributed by atoms with Crippen molar-refractivity contribution >= 4 is 28.3 Å². The van der Waals surface area contributed by atoms with E-state index in [9.17, 15) is 4.39 Å². The van der Waals surface area contributed by atoms with Crippen LogP contribution in [0.5, 0.6) is 0 Å². The number of imidazole rings is 1. The predicted octanol–water partition coefficient (Wildman–Crippen LogP) is 4.05. The first-order chi connectivity index (χ1) is 9.47. The van der Waals surface area contributed by atoms with Crippen LogP contribution in [0, 0.1) is 19.7 Å². The van der Waals surface area contributed by atoms with Gasteiger partial charge in [0.2, 0.25) is 5.95 Å². The van der Waals surface area contributed by atoms with Gasteiger partial charge in [0.15, 0.2) is 0 Å². The van der Waals surface area contributed by atoms with Gasteiger partial charge in [-0.05, 0) is 44.5 Å². The highest BCUT2D eigenvalue weighted by Gasteiger charge is 2.18. The number of nitrogens with two attached hydrogens (primary N) is 1. The second-order valence-corrected chi connectivity index (χ2v) is 6.48. The number of aromatic nitrogens is 2. The standard InChI is InChI=1S/C15H16FN3S/c1-8-6-12(10(3)20-8)9(2)19-14-5-4-11(16)7-13(14)18-15(19)17/h4-7,9H,1-3H3,(H2,17,18). The Balaban J connectivity index is 2.18. The molecule has 0 aliphatic carbocycles. The Morgan fingerprint density at radius 3 is 2.70 bits per heavy atom. The fraction of sp³-hybridized carbons (Fsp3) is 0.267. The number of rotatable bonds is 2. The first-order valence-corrected chi connectivity index (χ1v) is 7.29. The van der Waals surface area contributed by atoms with E-state index in [4.69, 9.17) is 5.73 Å². The average molecular weight is 289 g/mol. The maximum Gasteiger partial charge on any atom is 0.201 e. The Hall–Kier alpha value is -1.88. The summed E-state index contributed by atoms with van der Waals surface area (Å²) in [5, 5.41) is 0. The topological polar surface area (TPSA) is 43.8 Å². The maximum atomic E-state index is 13.3. The lowest BCUT2D eigenvalue weighted by atomic mass is 10.1. The van der Waals surface area contributed by atoms with Crippen LogP contribution in [0.3, 0.4) is 0 Å². The van der Waals surface area contributed by atoms with Gasteiger partial charge < -0.3 is 10.3 Å². The van der Waals surface area contributed by atoms with Gasteiger partial charge in [0.05, 0.1) is 17.1 Å². The van der Waals surface area contributed by atoms with Crippen LogP contribution < -0.4 is 5.73 Å². The molecule has 3 nitrogen and oxygen atoms in total. The predicted molar refractivity (Wildman–Crippen MR) is 81.7 cm³/mol. The Morgan fingerprint density at radius 1 is 1.30 bits per heavy atom. The van der Waals surface area contributed by atoms with Gasteiger partial charge in [-0.1, -0.05) is 0 Å². The number of aryl methyl sites for hydroxylation is 2. The summed E-state index contributed by atoms with van der Waals surface area (Å²) in [7, 11) is 0. The second-order valence-electron chi connectivity index (χ2n) is 5.02. The lowest BCUT2D eigenvalue weighted by Gasteiger charge is -2.16. The molecule has 0 saturated heterocycles. The number of anilines is 1. The molecule has 2 heterocycles. The van der Waals surface area contributed by atoms with Crippen LogP contribution in [0.25, 0.3) is 11.0 Å². The molecule has 1 aromatic carbocycles.